The molecule has 29 heavy (non-hydrogen) atoms. The summed E-state index contributed by atoms with van der Waals surface area (Å²) in [7, 11) is 0. The van der Waals surface area contributed by atoms with E-state index in [0.717, 1.165) is 47.7 Å². The molecule has 3 aromatic rings. The van der Waals surface area contributed by atoms with Crippen molar-refractivity contribution in [3.63, 3.8) is 0 Å². The van der Waals surface area contributed by atoms with Gasteiger partial charge in [0, 0.05) is 48.9 Å². The van der Waals surface area contributed by atoms with Crippen LogP contribution in [0.3, 0.4) is 0 Å². The van der Waals surface area contributed by atoms with Crippen LogP contribution in [-0.2, 0) is 0 Å². The van der Waals surface area contributed by atoms with Gasteiger partial charge in [-0.2, -0.15) is 5.10 Å². The van der Waals surface area contributed by atoms with Gasteiger partial charge in [-0.05, 0) is 49.4 Å². The van der Waals surface area contributed by atoms with E-state index >= 15 is 0 Å². The molecular formula is C22H26N6O. The number of amides is 1. The summed E-state index contributed by atoms with van der Waals surface area (Å²) in [6.45, 7) is 7.45. The zero-order valence-corrected chi connectivity index (χ0v) is 17.1. The summed E-state index contributed by atoms with van der Waals surface area (Å²) < 4.78 is 0. The first-order valence-corrected chi connectivity index (χ1v) is 10.1. The fourth-order valence-electron chi connectivity index (χ4n) is 3.84. The molecule has 1 atom stereocenters. The molecular weight excluding hydrogens is 364 g/mol. The van der Waals surface area contributed by atoms with Crippen molar-refractivity contribution < 1.29 is 4.79 Å². The molecule has 4 rings (SSSR count). The zero-order valence-electron chi connectivity index (χ0n) is 17.1. The lowest BCUT2D eigenvalue weighted by Crippen LogP contribution is -2.39. The van der Waals surface area contributed by atoms with Crippen molar-refractivity contribution in [3.8, 4) is 11.1 Å². The predicted molar refractivity (Wildman–Crippen MR) is 111 cm³/mol. The summed E-state index contributed by atoms with van der Waals surface area (Å²) in [4.78, 5) is 28.2. The van der Waals surface area contributed by atoms with Crippen molar-refractivity contribution >= 4 is 5.91 Å². The highest BCUT2D eigenvalue weighted by Gasteiger charge is 2.29. The first-order valence-electron chi connectivity index (χ1n) is 10.1. The molecule has 1 saturated heterocycles. The highest BCUT2D eigenvalue weighted by atomic mass is 16.2. The molecule has 150 valence electrons. The van der Waals surface area contributed by atoms with E-state index in [2.05, 4.69) is 34.0 Å². The van der Waals surface area contributed by atoms with Crippen LogP contribution in [0.25, 0.3) is 11.1 Å². The number of likely N-dealkylation sites (tertiary alicyclic amines) is 1. The van der Waals surface area contributed by atoms with E-state index in [9.17, 15) is 4.79 Å². The van der Waals surface area contributed by atoms with Gasteiger partial charge in [-0.25, -0.2) is 9.97 Å². The average Bonchev–Trinajstić information content (AvgIpc) is 3.24. The van der Waals surface area contributed by atoms with Crippen LogP contribution in [0.4, 0.5) is 0 Å². The normalized spacial score (nSPS) is 17.0. The quantitative estimate of drug-likeness (QED) is 0.734. The summed E-state index contributed by atoms with van der Waals surface area (Å²) in [5.41, 5.74) is 4.54. The van der Waals surface area contributed by atoms with Crippen LogP contribution in [0.2, 0.25) is 0 Å². The summed E-state index contributed by atoms with van der Waals surface area (Å²) >= 11 is 0. The van der Waals surface area contributed by atoms with Gasteiger partial charge in [-0.3, -0.25) is 14.9 Å². The Morgan fingerprint density at radius 2 is 2.07 bits per heavy atom. The standard InChI is InChI=1S/C22H26N6O/c1-14(2)19-11-20(27-26-19)22(29)28-10-4-5-17(13-28)21-18(12-24-15(3)25-21)16-6-8-23-9-7-16/h6-9,11-12,14,17H,4-5,10,13H2,1-3H3,(H,26,27)/t17-/m0/s1. The van der Waals surface area contributed by atoms with Gasteiger partial charge >= 0.3 is 0 Å². The fraction of sp³-hybridized carbons (Fsp3) is 0.409. The van der Waals surface area contributed by atoms with Gasteiger partial charge in [0.2, 0.25) is 0 Å². The SMILES string of the molecule is Cc1ncc(-c2ccncc2)c([C@H]2CCCN(C(=O)c3cc(C(C)C)[nH]n3)C2)n1. The summed E-state index contributed by atoms with van der Waals surface area (Å²) in [6, 6.07) is 5.81. The zero-order chi connectivity index (χ0) is 20.4. The van der Waals surface area contributed by atoms with E-state index in [0.29, 0.717) is 18.2 Å². The van der Waals surface area contributed by atoms with Crippen LogP contribution in [0.15, 0.2) is 36.8 Å². The number of carbonyl (C=O) groups is 1. The highest BCUT2D eigenvalue weighted by molar-refractivity contribution is 5.92. The Kier molecular flexibility index (Phi) is 5.38. The predicted octanol–water partition coefficient (Wildman–Crippen LogP) is 3.71. The van der Waals surface area contributed by atoms with E-state index in [-0.39, 0.29) is 11.8 Å². The largest absolute Gasteiger partial charge is 0.337 e. The molecule has 7 nitrogen and oxygen atoms in total. The number of nitrogens with zero attached hydrogens (tertiary/aromatic N) is 5. The fourth-order valence-corrected chi connectivity index (χ4v) is 3.84. The topological polar surface area (TPSA) is 87.7 Å². The Morgan fingerprint density at radius 3 is 2.79 bits per heavy atom. The second-order valence-electron chi connectivity index (χ2n) is 7.91. The maximum absolute atomic E-state index is 13.0. The van der Waals surface area contributed by atoms with E-state index < -0.39 is 0 Å². The molecule has 0 aromatic carbocycles. The van der Waals surface area contributed by atoms with E-state index in [1.54, 1.807) is 12.4 Å². The molecule has 7 heteroatoms. The number of pyridine rings is 1. The van der Waals surface area contributed by atoms with Gasteiger partial charge in [0.25, 0.3) is 5.91 Å². The maximum atomic E-state index is 13.0. The first-order chi connectivity index (χ1) is 14.0. The molecule has 4 heterocycles. The molecule has 1 fully saturated rings. The average molecular weight is 390 g/mol. The molecule has 1 amide bonds. The van der Waals surface area contributed by atoms with Crippen LogP contribution in [-0.4, -0.2) is 49.0 Å². The minimum atomic E-state index is -0.0194. The van der Waals surface area contributed by atoms with E-state index in [1.807, 2.05) is 36.2 Å². The second kappa shape index (κ2) is 8.11. The number of hydrogen-bond acceptors (Lipinski definition) is 5. The third kappa shape index (κ3) is 4.04. The number of aromatic amines is 1. The number of nitrogens with one attached hydrogen (secondary N) is 1. The lowest BCUT2D eigenvalue weighted by molar-refractivity contribution is 0.0700. The van der Waals surface area contributed by atoms with Crippen LogP contribution in [0.1, 0.15) is 66.2 Å². The Bertz CT molecular complexity index is 998. The van der Waals surface area contributed by atoms with Gasteiger partial charge in [-0.1, -0.05) is 13.8 Å². The van der Waals surface area contributed by atoms with Crippen molar-refractivity contribution in [1.82, 2.24) is 30.0 Å². The van der Waals surface area contributed by atoms with Crippen LogP contribution < -0.4 is 0 Å². The lowest BCUT2D eigenvalue weighted by Gasteiger charge is -2.33. The smallest absolute Gasteiger partial charge is 0.274 e. The second-order valence-corrected chi connectivity index (χ2v) is 7.91. The Hall–Kier alpha value is -3.09. The van der Waals surface area contributed by atoms with Crippen molar-refractivity contribution in [3.05, 3.63) is 59.7 Å². The van der Waals surface area contributed by atoms with Gasteiger partial charge in [0.15, 0.2) is 0 Å². The number of rotatable bonds is 4. The first kappa shape index (κ1) is 19.2. The number of carbonyl (C=O) groups excluding carboxylic acids is 1. The lowest BCUT2D eigenvalue weighted by atomic mass is 9.90. The molecule has 0 aliphatic carbocycles. The number of hydrogen-bond donors (Lipinski definition) is 1. The molecule has 0 spiro atoms. The Balaban J connectivity index is 1.60. The molecule has 0 unspecified atom stereocenters. The highest BCUT2D eigenvalue weighted by Crippen LogP contribution is 2.33. The van der Waals surface area contributed by atoms with Gasteiger partial charge in [0.1, 0.15) is 11.5 Å². The van der Waals surface area contributed by atoms with Gasteiger partial charge in [0.05, 0.1) is 5.69 Å². The number of aryl methyl sites for hydroxylation is 1. The summed E-state index contributed by atoms with van der Waals surface area (Å²) in [6.07, 6.45) is 7.38. The molecule has 3 aromatic heterocycles. The molecule has 1 aliphatic rings. The van der Waals surface area contributed by atoms with Crippen molar-refractivity contribution in [1.29, 1.82) is 0 Å². The van der Waals surface area contributed by atoms with Gasteiger partial charge < -0.3 is 4.90 Å². The van der Waals surface area contributed by atoms with Crippen molar-refractivity contribution in [2.45, 2.75) is 45.4 Å². The summed E-state index contributed by atoms with van der Waals surface area (Å²) in [5, 5.41) is 7.22. The molecule has 1 N–H and O–H groups in total. The Morgan fingerprint density at radius 1 is 1.28 bits per heavy atom. The van der Waals surface area contributed by atoms with Crippen LogP contribution >= 0.6 is 0 Å². The third-order valence-electron chi connectivity index (χ3n) is 5.46. The van der Waals surface area contributed by atoms with Crippen LogP contribution in [0, 0.1) is 6.92 Å². The van der Waals surface area contributed by atoms with Crippen molar-refractivity contribution in [2.75, 3.05) is 13.1 Å². The molecule has 0 radical (unpaired) electrons. The molecule has 1 aliphatic heterocycles. The number of H-pyrrole nitrogens is 1. The number of aromatic nitrogens is 5. The minimum absolute atomic E-state index is 0.0194. The molecule has 0 bridgehead atoms. The van der Waals surface area contributed by atoms with Gasteiger partial charge in [-0.15, -0.1) is 0 Å². The molecule has 0 saturated carbocycles. The third-order valence-corrected chi connectivity index (χ3v) is 5.46. The minimum Gasteiger partial charge on any atom is -0.337 e. The van der Waals surface area contributed by atoms with E-state index in [4.69, 9.17) is 4.98 Å². The maximum Gasteiger partial charge on any atom is 0.274 e. The Labute approximate surface area is 170 Å². The summed E-state index contributed by atoms with van der Waals surface area (Å²) in [5.74, 6) is 1.20. The van der Waals surface area contributed by atoms with Crippen molar-refractivity contribution in [2.24, 2.45) is 0 Å². The monoisotopic (exact) mass is 390 g/mol. The van der Waals surface area contributed by atoms with E-state index in [1.165, 1.54) is 0 Å². The number of piperidine rings is 1. The van der Waals surface area contributed by atoms with Crippen LogP contribution in [0.5, 0.6) is 0 Å².